The number of carbonyl (C=O) groups is 1. The fraction of sp³-hybridized carbons (Fsp3) is 0.263. The van der Waals surface area contributed by atoms with Crippen LogP contribution in [0.2, 0.25) is 0 Å². The number of aryl methyl sites for hydroxylation is 2. The summed E-state index contributed by atoms with van der Waals surface area (Å²) in [5.74, 6) is 0.826. The van der Waals surface area contributed by atoms with Gasteiger partial charge in [-0.3, -0.25) is 9.89 Å². The number of hydrogen-bond acceptors (Lipinski definition) is 4. The third-order valence-corrected chi connectivity index (χ3v) is 4.24. The monoisotopic (exact) mass is 339 g/mol. The first-order valence-electron chi connectivity index (χ1n) is 8.12. The quantitative estimate of drug-likeness (QED) is 0.723. The van der Waals surface area contributed by atoms with Gasteiger partial charge in [0.2, 0.25) is 5.91 Å². The number of aromatic nitrogens is 2. The van der Waals surface area contributed by atoms with Gasteiger partial charge in [0, 0.05) is 23.4 Å². The van der Waals surface area contributed by atoms with E-state index in [9.17, 15) is 9.90 Å². The van der Waals surface area contributed by atoms with Crippen LogP contribution in [0.25, 0.3) is 0 Å². The highest BCUT2D eigenvalue weighted by molar-refractivity contribution is 5.79. The Bertz CT molecular complexity index is 833. The Balaban J connectivity index is 1.82. The molecule has 2 aromatic heterocycles. The Kier molecular flexibility index (Phi) is 4.88. The third-order valence-electron chi connectivity index (χ3n) is 4.24. The van der Waals surface area contributed by atoms with Crippen molar-refractivity contribution in [1.82, 2.24) is 15.1 Å². The van der Waals surface area contributed by atoms with Gasteiger partial charge in [0.25, 0.3) is 0 Å². The summed E-state index contributed by atoms with van der Waals surface area (Å²) < 4.78 is 5.39. The third kappa shape index (κ3) is 3.91. The SMILES string of the molecule is Cc1n[nH]c(C)c1CC(=O)N(Cc1ccco1)Cc1ccccc1O. The lowest BCUT2D eigenvalue weighted by Crippen LogP contribution is -2.31. The molecule has 6 nitrogen and oxygen atoms in total. The molecule has 0 saturated carbocycles. The largest absolute Gasteiger partial charge is 0.508 e. The number of aromatic amines is 1. The fourth-order valence-electron chi connectivity index (χ4n) is 2.77. The highest BCUT2D eigenvalue weighted by atomic mass is 16.3. The average molecular weight is 339 g/mol. The predicted octanol–water partition coefficient (Wildman–Crippen LogP) is 3.10. The summed E-state index contributed by atoms with van der Waals surface area (Å²) in [6, 6.07) is 10.7. The van der Waals surface area contributed by atoms with Gasteiger partial charge < -0.3 is 14.4 Å². The molecule has 0 spiro atoms. The van der Waals surface area contributed by atoms with Crippen molar-refractivity contribution in [3.63, 3.8) is 0 Å². The van der Waals surface area contributed by atoms with Crippen LogP contribution in [0.3, 0.4) is 0 Å². The van der Waals surface area contributed by atoms with Gasteiger partial charge in [0.1, 0.15) is 11.5 Å². The Hall–Kier alpha value is -3.02. The van der Waals surface area contributed by atoms with Crippen molar-refractivity contribution in [2.24, 2.45) is 0 Å². The summed E-state index contributed by atoms with van der Waals surface area (Å²) in [5, 5.41) is 17.1. The zero-order chi connectivity index (χ0) is 17.8. The van der Waals surface area contributed by atoms with Crippen molar-refractivity contribution in [1.29, 1.82) is 0 Å². The Labute approximate surface area is 146 Å². The van der Waals surface area contributed by atoms with E-state index in [1.54, 1.807) is 29.4 Å². The number of phenols is 1. The molecular formula is C19H21N3O3. The molecular weight excluding hydrogens is 318 g/mol. The van der Waals surface area contributed by atoms with Gasteiger partial charge in [-0.15, -0.1) is 0 Å². The molecule has 0 aliphatic rings. The number of furan rings is 1. The highest BCUT2D eigenvalue weighted by Gasteiger charge is 2.20. The summed E-state index contributed by atoms with van der Waals surface area (Å²) in [6.07, 6.45) is 1.84. The maximum Gasteiger partial charge on any atom is 0.227 e. The lowest BCUT2D eigenvalue weighted by Gasteiger charge is -2.22. The smallest absolute Gasteiger partial charge is 0.227 e. The van der Waals surface area contributed by atoms with E-state index in [0.29, 0.717) is 24.4 Å². The van der Waals surface area contributed by atoms with Crippen molar-refractivity contribution in [2.45, 2.75) is 33.4 Å². The lowest BCUT2D eigenvalue weighted by atomic mass is 10.1. The van der Waals surface area contributed by atoms with Gasteiger partial charge >= 0.3 is 0 Å². The number of nitrogens with one attached hydrogen (secondary N) is 1. The van der Waals surface area contributed by atoms with Gasteiger partial charge in [0.05, 0.1) is 24.9 Å². The molecule has 1 amide bonds. The van der Waals surface area contributed by atoms with E-state index in [1.165, 1.54) is 0 Å². The Morgan fingerprint density at radius 1 is 1.20 bits per heavy atom. The van der Waals surface area contributed by atoms with E-state index < -0.39 is 0 Å². The van der Waals surface area contributed by atoms with E-state index in [-0.39, 0.29) is 18.1 Å². The number of benzene rings is 1. The first-order valence-corrected chi connectivity index (χ1v) is 8.12. The number of para-hydroxylation sites is 1. The molecule has 0 radical (unpaired) electrons. The first-order chi connectivity index (χ1) is 12.0. The summed E-state index contributed by atoms with van der Waals surface area (Å²) >= 11 is 0. The molecule has 0 atom stereocenters. The van der Waals surface area contributed by atoms with Gasteiger partial charge in [-0.05, 0) is 32.0 Å². The standard InChI is InChI=1S/C19H21N3O3/c1-13-17(14(2)21-20-13)10-19(24)22(12-16-7-5-9-25-16)11-15-6-3-4-8-18(15)23/h3-9,23H,10-12H2,1-2H3,(H,20,21). The second-order valence-electron chi connectivity index (χ2n) is 6.05. The van der Waals surface area contributed by atoms with Crippen LogP contribution >= 0.6 is 0 Å². The van der Waals surface area contributed by atoms with Gasteiger partial charge in [0.15, 0.2) is 0 Å². The topological polar surface area (TPSA) is 82.4 Å². The number of carbonyl (C=O) groups excluding carboxylic acids is 1. The lowest BCUT2D eigenvalue weighted by molar-refractivity contribution is -0.132. The number of nitrogens with zero attached hydrogens (tertiary/aromatic N) is 2. The summed E-state index contributed by atoms with van der Waals surface area (Å²) in [6.45, 7) is 4.44. The zero-order valence-corrected chi connectivity index (χ0v) is 14.3. The van der Waals surface area contributed by atoms with Crippen molar-refractivity contribution in [3.05, 3.63) is 70.9 Å². The second kappa shape index (κ2) is 7.25. The average Bonchev–Trinajstić information content (AvgIpc) is 3.21. The number of phenolic OH excluding ortho intramolecular Hbond substituents is 1. The molecule has 25 heavy (non-hydrogen) atoms. The summed E-state index contributed by atoms with van der Waals surface area (Å²) in [7, 11) is 0. The van der Waals surface area contributed by atoms with Crippen LogP contribution in [0, 0.1) is 13.8 Å². The number of rotatable bonds is 6. The number of aromatic hydroxyl groups is 1. The molecule has 6 heteroatoms. The number of amides is 1. The van der Waals surface area contributed by atoms with Crippen LogP contribution in [-0.4, -0.2) is 26.1 Å². The number of hydrogen-bond donors (Lipinski definition) is 2. The number of H-pyrrole nitrogens is 1. The normalized spacial score (nSPS) is 10.8. The molecule has 3 aromatic rings. The fourth-order valence-corrected chi connectivity index (χ4v) is 2.77. The van der Waals surface area contributed by atoms with E-state index in [1.807, 2.05) is 32.0 Å². The van der Waals surface area contributed by atoms with Crippen molar-refractivity contribution >= 4 is 5.91 Å². The van der Waals surface area contributed by atoms with E-state index in [0.717, 1.165) is 17.0 Å². The second-order valence-corrected chi connectivity index (χ2v) is 6.05. The molecule has 130 valence electrons. The molecule has 0 fully saturated rings. The molecule has 0 saturated heterocycles. The molecule has 0 bridgehead atoms. The summed E-state index contributed by atoms with van der Waals surface area (Å²) in [5.41, 5.74) is 3.33. The van der Waals surface area contributed by atoms with Crippen molar-refractivity contribution in [2.75, 3.05) is 0 Å². The molecule has 1 aromatic carbocycles. The minimum atomic E-state index is -0.0488. The van der Waals surface area contributed by atoms with Gasteiger partial charge in [-0.2, -0.15) is 5.10 Å². The molecule has 0 aliphatic carbocycles. The molecule has 2 heterocycles. The van der Waals surface area contributed by atoms with Gasteiger partial charge in [-0.25, -0.2) is 0 Å². The van der Waals surface area contributed by atoms with E-state index >= 15 is 0 Å². The maximum absolute atomic E-state index is 12.9. The maximum atomic E-state index is 12.9. The van der Waals surface area contributed by atoms with Crippen LogP contribution < -0.4 is 0 Å². The highest BCUT2D eigenvalue weighted by Crippen LogP contribution is 2.21. The van der Waals surface area contributed by atoms with Crippen LogP contribution in [0.4, 0.5) is 0 Å². The minimum absolute atomic E-state index is 0.0488. The zero-order valence-electron chi connectivity index (χ0n) is 14.3. The molecule has 0 unspecified atom stereocenters. The Morgan fingerprint density at radius 3 is 2.64 bits per heavy atom. The molecule has 3 rings (SSSR count). The molecule has 2 N–H and O–H groups in total. The Morgan fingerprint density at radius 2 is 2.00 bits per heavy atom. The van der Waals surface area contributed by atoms with Crippen molar-refractivity contribution < 1.29 is 14.3 Å². The van der Waals surface area contributed by atoms with E-state index in [2.05, 4.69) is 10.2 Å². The minimum Gasteiger partial charge on any atom is -0.508 e. The van der Waals surface area contributed by atoms with Crippen LogP contribution in [0.15, 0.2) is 47.1 Å². The first kappa shape index (κ1) is 16.8. The van der Waals surface area contributed by atoms with Crippen LogP contribution in [-0.2, 0) is 24.3 Å². The van der Waals surface area contributed by atoms with Crippen LogP contribution in [0.5, 0.6) is 5.75 Å². The van der Waals surface area contributed by atoms with Crippen LogP contribution in [0.1, 0.15) is 28.3 Å². The molecule has 0 aliphatic heterocycles. The summed E-state index contributed by atoms with van der Waals surface area (Å²) in [4.78, 5) is 14.6. The predicted molar refractivity (Wildman–Crippen MR) is 92.8 cm³/mol. The van der Waals surface area contributed by atoms with Gasteiger partial charge in [-0.1, -0.05) is 18.2 Å². The van der Waals surface area contributed by atoms with Crippen molar-refractivity contribution in [3.8, 4) is 5.75 Å². The van der Waals surface area contributed by atoms with E-state index in [4.69, 9.17) is 4.42 Å².